The van der Waals surface area contributed by atoms with Crippen LogP contribution >= 0.6 is 11.3 Å². The van der Waals surface area contributed by atoms with Crippen molar-refractivity contribution in [3.63, 3.8) is 0 Å². The van der Waals surface area contributed by atoms with Gasteiger partial charge in [-0.05, 0) is 74.5 Å². The summed E-state index contributed by atoms with van der Waals surface area (Å²) in [5.74, 6) is -2.07. The van der Waals surface area contributed by atoms with Crippen LogP contribution < -0.4 is 10.4 Å². The predicted octanol–water partition coefficient (Wildman–Crippen LogP) is 10.7. The number of nitrogens with zero attached hydrogens (tertiary/aromatic N) is 2. The average molecular weight is 893 g/mol. The maximum atomic E-state index is 13.8. The van der Waals surface area contributed by atoms with E-state index in [0.717, 1.165) is 39.0 Å². The van der Waals surface area contributed by atoms with Crippen LogP contribution in [0.2, 0.25) is 39.3 Å². The van der Waals surface area contributed by atoms with Crippen molar-refractivity contribution >= 4 is 58.0 Å². The van der Waals surface area contributed by atoms with Crippen molar-refractivity contribution in [2.75, 3.05) is 0 Å². The first-order chi connectivity index (χ1) is 24.1. The van der Waals surface area contributed by atoms with Gasteiger partial charge in [-0.1, -0.05) is 86.6 Å². The van der Waals surface area contributed by atoms with E-state index in [1.54, 1.807) is 29.7 Å². The Kier molecular flexibility index (Phi) is 10.6. The second-order valence-electron chi connectivity index (χ2n) is 14.2. The zero-order chi connectivity index (χ0) is 36.7. The summed E-state index contributed by atoms with van der Waals surface area (Å²) in [4.78, 5) is 9.10. The fraction of sp³-hybridized carbons (Fsp3) is 0.190. The smallest absolute Gasteiger partial charge is 0.159 e. The van der Waals surface area contributed by atoms with E-state index < -0.39 is 34.2 Å². The minimum Gasteiger partial charge on any atom is -0.305 e. The zero-order valence-corrected chi connectivity index (χ0v) is 34.4. The topological polar surface area (TPSA) is 25.8 Å². The Bertz CT molecular complexity index is 2370. The van der Waals surface area contributed by atoms with Gasteiger partial charge < -0.3 is 9.97 Å². The van der Waals surface area contributed by atoms with Gasteiger partial charge in [0.2, 0.25) is 0 Å². The number of rotatable bonds is 6. The Hall–Kier alpha value is -3.66. The van der Waals surface area contributed by atoms with E-state index in [2.05, 4.69) is 111 Å². The molecule has 4 aromatic carbocycles. The van der Waals surface area contributed by atoms with Crippen LogP contribution in [0.1, 0.15) is 19.4 Å². The number of thiophene rings is 1. The molecule has 7 rings (SSSR count). The number of aryl methyl sites for hydroxylation is 1. The van der Waals surface area contributed by atoms with Crippen molar-refractivity contribution in [1.29, 1.82) is 0 Å². The molecule has 0 fully saturated rings. The van der Waals surface area contributed by atoms with E-state index in [4.69, 9.17) is 2.74 Å². The molecule has 7 aromatic rings. The second-order valence-corrected chi connectivity index (χ2v) is 25.3. The molecule has 0 aliphatic rings. The van der Waals surface area contributed by atoms with Crippen LogP contribution in [-0.4, -0.2) is 26.1 Å². The maximum absolute atomic E-state index is 13.8. The van der Waals surface area contributed by atoms with Crippen molar-refractivity contribution in [3.05, 3.63) is 144 Å². The summed E-state index contributed by atoms with van der Waals surface area (Å²) in [6.45, 7) is 16.3. The molecule has 8 heteroatoms. The summed E-state index contributed by atoms with van der Waals surface area (Å²) in [6.07, 6.45) is 1.58. The van der Waals surface area contributed by atoms with E-state index in [1.165, 1.54) is 32.1 Å². The number of hydrogen-bond donors (Lipinski definition) is 0. The van der Waals surface area contributed by atoms with Crippen molar-refractivity contribution in [3.8, 4) is 22.5 Å². The molecule has 0 aliphatic carbocycles. The summed E-state index contributed by atoms with van der Waals surface area (Å²) in [7, 11) is -2.83. The Balaban J connectivity index is 0.000000245. The Morgan fingerprint density at radius 1 is 0.700 bits per heavy atom. The third kappa shape index (κ3) is 8.27. The van der Waals surface area contributed by atoms with Crippen molar-refractivity contribution < 1.29 is 31.6 Å². The normalized spacial score (nSPS) is 12.5. The molecule has 3 aromatic heterocycles. The van der Waals surface area contributed by atoms with Crippen LogP contribution in [0.5, 0.6) is 0 Å². The molecule has 0 saturated heterocycles. The first-order valence-electron chi connectivity index (χ1n) is 17.3. The van der Waals surface area contributed by atoms with Crippen molar-refractivity contribution in [2.24, 2.45) is 0 Å². The molecule has 0 N–H and O–H groups in total. The number of benzene rings is 4. The summed E-state index contributed by atoms with van der Waals surface area (Å²) in [5.41, 5.74) is 5.21. The standard InChI is InChI=1S/C27H22F2NSSi.C15H18NSi.Ir/c1-32(2,3)25-9-5-7-20-19-6-4-8-21(26(19)31-27(20)25)24-16-18(12-13-30-24)14-17-10-11-22(28)23(29)15-17;1-12-10-14(13-8-6-5-7-9-13)16-11-15(12)17(2,3)4;/h4-7,9-13,15-16H,14H2,1-3H3;5-8,10-11H,1-4H3;/q2*-1;/i14D2;;. The number of hydrogen-bond acceptors (Lipinski definition) is 3. The summed E-state index contributed by atoms with van der Waals surface area (Å²) >= 11 is 1.73. The summed E-state index contributed by atoms with van der Waals surface area (Å²) in [6, 6.07) is 33.5. The molecule has 3 heterocycles. The third-order valence-corrected chi connectivity index (χ3v) is 14.0. The van der Waals surface area contributed by atoms with Gasteiger partial charge in [-0.2, -0.15) is 11.3 Å². The number of fused-ring (bicyclic) bond motifs is 3. The van der Waals surface area contributed by atoms with Gasteiger partial charge in [0.25, 0.3) is 0 Å². The fourth-order valence-corrected chi connectivity index (χ4v) is 11.4. The monoisotopic (exact) mass is 893 g/mol. The molecule has 0 atom stereocenters. The van der Waals surface area contributed by atoms with Gasteiger partial charge in [-0.15, -0.1) is 59.7 Å². The van der Waals surface area contributed by atoms with Crippen LogP contribution in [0.3, 0.4) is 0 Å². The molecule has 0 aliphatic heterocycles. The van der Waals surface area contributed by atoms with Gasteiger partial charge in [0.05, 0.1) is 16.1 Å². The number of pyridine rings is 2. The van der Waals surface area contributed by atoms with Gasteiger partial charge in [0, 0.05) is 39.9 Å². The molecule has 1 radical (unpaired) electrons. The number of halogens is 2. The minimum absolute atomic E-state index is 0. The molecular weight excluding hydrogens is 851 g/mol. The van der Waals surface area contributed by atoms with Gasteiger partial charge in [0.15, 0.2) is 11.6 Å². The predicted molar refractivity (Wildman–Crippen MR) is 210 cm³/mol. The average Bonchev–Trinajstić information content (AvgIpc) is 3.48. The summed E-state index contributed by atoms with van der Waals surface area (Å²) < 4.78 is 46.8. The van der Waals surface area contributed by atoms with Crippen molar-refractivity contribution in [1.82, 2.24) is 9.97 Å². The van der Waals surface area contributed by atoms with E-state index in [-0.39, 0.29) is 25.7 Å². The van der Waals surface area contributed by atoms with Crippen molar-refractivity contribution in [2.45, 2.75) is 52.6 Å². The SMILES string of the molecule is Cc1cc(-c2[c-]cccc2)ncc1[Si](C)(C)C.[2H]C([2H])(c1ccnc(-c2[c-]ccc3c2sc2c([Si](C)(C)C)cccc23)c1)c1ccc(F)c(F)c1.[Ir]. The molecule has 0 amide bonds. The molecule has 0 unspecified atom stereocenters. The quantitative estimate of drug-likeness (QED) is 0.123. The van der Waals surface area contributed by atoms with Gasteiger partial charge in [-0.3, -0.25) is 0 Å². The molecule has 0 spiro atoms. The molecule has 0 saturated carbocycles. The minimum atomic E-state index is -2.02. The Labute approximate surface area is 316 Å². The molecule has 257 valence electrons. The second kappa shape index (κ2) is 15.3. The van der Waals surface area contributed by atoms with E-state index in [9.17, 15) is 8.78 Å². The van der Waals surface area contributed by atoms with E-state index >= 15 is 0 Å². The summed E-state index contributed by atoms with van der Waals surface area (Å²) in [5, 5.41) is 5.19. The molecule has 0 bridgehead atoms. The van der Waals surface area contributed by atoms with Gasteiger partial charge in [0.1, 0.15) is 0 Å². The Morgan fingerprint density at radius 3 is 2.12 bits per heavy atom. The van der Waals surface area contributed by atoms with E-state index in [1.807, 2.05) is 24.3 Å². The largest absolute Gasteiger partial charge is 0.305 e. The first-order valence-corrected chi connectivity index (χ1v) is 24.1. The third-order valence-electron chi connectivity index (χ3n) is 8.39. The van der Waals surface area contributed by atoms with Crippen LogP contribution in [0.15, 0.2) is 103 Å². The van der Waals surface area contributed by atoms with Crippen LogP contribution in [-0.2, 0) is 26.5 Å². The Morgan fingerprint density at radius 2 is 1.44 bits per heavy atom. The van der Waals surface area contributed by atoms with Gasteiger partial charge >= 0.3 is 0 Å². The zero-order valence-electron chi connectivity index (χ0n) is 31.2. The van der Waals surface area contributed by atoms with E-state index in [0.29, 0.717) is 11.3 Å². The van der Waals surface area contributed by atoms with Crippen LogP contribution in [0.4, 0.5) is 8.78 Å². The maximum Gasteiger partial charge on any atom is 0.159 e. The van der Waals surface area contributed by atoms with Crippen LogP contribution in [0.25, 0.3) is 42.7 Å². The molecule has 2 nitrogen and oxygen atoms in total. The van der Waals surface area contributed by atoms with Crippen LogP contribution in [0, 0.1) is 30.7 Å². The molecule has 50 heavy (non-hydrogen) atoms. The molecular formula is C42H40F2IrN2SSi2-2. The number of aromatic nitrogens is 2. The fourth-order valence-electron chi connectivity index (χ4n) is 5.97. The first kappa shape index (κ1) is 34.8. The van der Waals surface area contributed by atoms with Gasteiger partial charge in [-0.25, -0.2) is 8.78 Å².